The Hall–Kier alpha value is -1.61. The van der Waals surface area contributed by atoms with Crippen LogP contribution in [-0.4, -0.2) is 47.9 Å². The minimum atomic E-state index is 0.301. The largest absolute Gasteiger partial charge is 0.341 e. The van der Waals surface area contributed by atoms with Crippen molar-refractivity contribution in [3.8, 4) is 0 Å². The molecule has 1 aliphatic heterocycles. The first-order chi connectivity index (χ1) is 12.2. The lowest BCUT2D eigenvalue weighted by molar-refractivity contribution is -0.133. The number of hydrogen-bond donors (Lipinski definition) is 0. The predicted molar refractivity (Wildman–Crippen MR) is 102 cm³/mol. The van der Waals surface area contributed by atoms with E-state index in [1.165, 1.54) is 68.3 Å². The molecule has 1 amide bonds. The smallest absolute Gasteiger partial charge is 0.226 e. The average Bonchev–Trinajstić information content (AvgIpc) is 3.30. The third-order valence-electron chi connectivity index (χ3n) is 6.40. The highest BCUT2D eigenvalue weighted by Gasteiger charge is 2.35. The molecule has 2 atom stereocenters. The first-order valence-electron chi connectivity index (χ1n) is 9.99. The van der Waals surface area contributed by atoms with Gasteiger partial charge in [-0.15, -0.1) is 0 Å². The summed E-state index contributed by atoms with van der Waals surface area (Å²) in [7, 11) is 2.05. The van der Waals surface area contributed by atoms with Gasteiger partial charge in [-0.3, -0.25) is 9.69 Å². The van der Waals surface area contributed by atoms with Crippen LogP contribution in [0.15, 0.2) is 29.8 Å². The van der Waals surface area contributed by atoms with E-state index in [2.05, 4.69) is 40.1 Å². The van der Waals surface area contributed by atoms with Crippen LogP contribution in [0.25, 0.3) is 6.08 Å². The van der Waals surface area contributed by atoms with E-state index in [-0.39, 0.29) is 0 Å². The summed E-state index contributed by atoms with van der Waals surface area (Å²) in [6.07, 6.45) is 11.4. The monoisotopic (exact) mass is 338 g/mol. The lowest BCUT2D eigenvalue weighted by Crippen LogP contribution is -2.53. The number of benzene rings is 1. The Morgan fingerprint density at radius 2 is 1.88 bits per heavy atom. The zero-order valence-electron chi connectivity index (χ0n) is 15.4. The van der Waals surface area contributed by atoms with Gasteiger partial charge in [0.25, 0.3) is 0 Å². The fourth-order valence-corrected chi connectivity index (χ4v) is 5.01. The van der Waals surface area contributed by atoms with Gasteiger partial charge in [-0.2, -0.15) is 0 Å². The maximum Gasteiger partial charge on any atom is 0.226 e. The van der Waals surface area contributed by atoms with Crippen LogP contribution in [-0.2, 0) is 11.2 Å². The van der Waals surface area contributed by atoms with Crippen LogP contribution in [0, 0.1) is 0 Å². The number of hydrogen-bond acceptors (Lipinski definition) is 2. The Morgan fingerprint density at radius 3 is 2.68 bits per heavy atom. The quantitative estimate of drug-likeness (QED) is 0.832. The molecule has 4 rings (SSSR count). The number of fused-ring (bicyclic) bond motifs is 1. The maximum absolute atomic E-state index is 13.0. The number of carbonyl (C=O) groups excluding carboxylic acids is 1. The molecule has 25 heavy (non-hydrogen) atoms. The van der Waals surface area contributed by atoms with Crippen molar-refractivity contribution in [1.82, 2.24) is 9.80 Å². The van der Waals surface area contributed by atoms with Gasteiger partial charge in [-0.25, -0.2) is 0 Å². The second-order valence-corrected chi connectivity index (χ2v) is 8.02. The van der Waals surface area contributed by atoms with Gasteiger partial charge in [0.15, 0.2) is 0 Å². The van der Waals surface area contributed by atoms with Crippen molar-refractivity contribution < 1.29 is 4.79 Å². The van der Waals surface area contributed by atoms with Gasteiger partial charge in [-0.05, 0) is 56.3 Å². The van der Waals surface area contributed by atoms with E-state index >= 15 is 0 Å². The van der Waals surface area contributed by atoms with E-state index in [1.54, 1.807) is 0 Å². The Kier molecular flexibility index (Phi) is 4.93. The lowest BCUT2D eigenvalue weighted by Gasteiger charge is -2.42. The van der Waals surface area contributed by atoms with Crippen LogP contribution in [0.4, 0.5) is 0 Å². The highest BCUT2D eigenvalue weighted by Crippen LogP contribution is 2.31. The van der Waals surface area contributed by atoms with Gasteiger partial charge < -0.3 is 4.90 Å². The van der Waals surface area contributed by atoms with Crippen LogP contribution < -0.4 is 0 Å². The van der Waals surface area contributed by atoms with Crippen molar-refractivity contribution in [2.45, 2.75) is 63.5 Å². The van der Waals surface area contributed by atoms with Crippen LogP contribution in [0.3, 0.4) is 0 Å². The summed E-state index contributed by atoms with van der Waals surface area (Å²) in [6, 6.07) is 9.49. The molecule has 1 saturated carbocycles. The SMILES string of the molecule is CN(C(=O)CC1=Cc2ccccc2C1)C1CCCCC1N1CCCC1. The summed E-state index contributed by atoms with van der Waals surface area (Å²) in [5.74, 6) is 0.301. The normalized spacial score (nSPS) is 26.4. The molecule has 3 aliphatic rings. The summed E-state index contributed by atoms with van der Waals surface area (Å²) >= 11 is 0. The third-order valence-corrected chi connectivity index (χ3v) is 6.40. The summed E-state index contributed by atoms with van der Waals surface area (Å²) in [5, 5.41) is 0. The summed E-state index contributed by atoms with van der Waals surface area (Å²) in [6.45, 7) is 2.45. The first kappa shape index (κ1) is 16.8. The molecular formula is C22H30N2O. The van der Waals surface area contributed by atoms with E-state index in [9.17, 15) is 4.79 Å². The Bertz CT molecular complexity index is 660. The topological polar surface area (TPSA) is 23.6 Å². The Labute approximate surface area is 151 Å². The number of likely N-dealkylation sites (tertiary alicyclic amines) is 1. The molecule has 1 heterocycles. The summed E-state index contributed by atoms with van der Waals surface area (Å²) in [5.41, 5.74) is 3.92. The molecule has 0 N–H and O–H groups in total. The minimum absolute atomic E-state index is 0.301. The lowest BCUT2D eigenvalue weighted by atomic mass is 9.88. The number of likely N-dealkylation sites (N-methyl/N-ethyl adjacent to an activating group) is 1. The van der Waals surface area contributed by atoms with Crippen molar-refractivity contribution >= 4 is 12.0 Å². The van der Waals surface area contributed by atoms with Crippen molar-refractivity contribution in [2.75, 3.05) is 20.1 Å². The molecule has 2 unspecified atom stereocenters. The van der Waals surface area contributed by atoms with E-state index < -0.39 is 0 Å². The number of rotatable bonds is 4. The van der Waals surface area contributed by atoms with Gasteiger partial charge >= 0.3 is 0 Å². The summed E-state index contributed by atoms with van der Waals surface area (Å²) in [4.78, 5) is 17.7. The molecule has 0 radical (unpaired) electrons. The number of nitrogens with zero attached hydrogens (tertiary/aromatic N) is 2. The predicted octanol–water partition coefficient (Wildman–Crippen LogP) is 3.88. The highest BCUT2D eigenvalue weighted by molar-refractivity contribution is 5.82. The molecule has 3 heteroatoms. The van der Waals surface area contributed by atoms with E-state index in [1.807, 2.05) is 7.05 Å². The molecule has 0 aromatic heterocycles. The summed E-state index contributed by atoms with van der Waals surface area (Å²) < 4.78 is 0. The molecule has 1 saturated heterocycles. The van der Waals surface area contributed by atoms with Gasteiger partial charge in [0.05, 0.1) is 0 Å². The molecule has 3 nitrogen and oxygen atoms in total. The van der Waals surface area contributed by atoms with E-state index in [0.717, 1.165) is 6.42 Å². The molecule has 1 aromatic carbocycles. The number of carbonyl (C=O) groups is 1. The zero-order valence-corrected chi connectivity index (χ0v) is 15.4. The second-order valence-electron chi connectivity index (χ2n) is 8.02. The molecular weight excluding hydrogens is 308 g/mol. The molecule has 134 valence electrons. The minimum Gasteiger partial charge on any atom is -0.341 e. The van der Waals surface area contributed by atoms with E-state index in [4.69, 9.17) is 0 Å². The molecule has 2 aliphatic carbocycles. The van der Waals surface area contributed by atoms with Crippen molar-refractivity contribution in [1.29, 1.82) is 0 Å². The van der Waals surface area contributed by atoms with Crippen molar-refractivity contribution in [2.24, 2.45) is 0 Å². The highest BCUT2D eigenvalue weighted by atomic mass is 16.2. The van der Waals surface area contributed by atoms with Crippen LogP contribution in [0.5, 0.6) is 0 Å². The van der Waals surface area contributed by atoms with Crippen molar-refractivity contribution in [3.05, 3.63) is 41.0 Å². The third kappa shape index (κ3) is 3.52. The fourth-order valence-electron chi connectivity index (χ4n) is 5.01. The van der Waals surface area contributed by atoms with Gasteiger partial charge in [0.2, 0.25) is 5.91 Å². The standard InChI is InChI=1S/C22H30N2O/c1-23(20-10-4-5-11-21(20)24-12-6-7-13-24)22(25)16-17-14-18-8-2-3-9-19(18)15-17/h2-3,8-9,14,20-21H,4-7,10-13,15-16H2,1H3. The van der Waals surface area contributed by atoms with Crippen LogP contribution in [0.1, 0.15) is 56.1 Å². The fraction of sp³-hybridized carbons (Fsp3) is 0.591. The van der Waals surface area contributed by atoms with Crippen LogP contribution >= 0.6 is 0 Å². The van der Waals surface area contributed by atoms with Crippen LogP contribution in [0.2, 0.25) is 0 Å². The van der Waals surface area contributed by atoms with Crippen molar-refractivity contribution in [3.63, 3.8) is 0 Å². The molecule has 0 spiro atoms. The zero-order chi connectivity index (χ0) is 17.2. The average molecular weight is 338 g/mol. The first-order valence-corrected chi connectivity index (χ1v) is 9.99. The second kappa shape index (κ2) is 7.33. The molecule has 1 aromatic rings. The molecule has 2 fully saturated rings. The van der Waals surface area contributed by atoms with Gasteiger partial charge in [-0.1, -0.05) is 48.8 Å². The number of amides is 1. The maximum atomic E-state index is 13.0. The van der Waals surface area contributed by atoms with E-state index in [0.29, 0.717) is 24.4 Å². The van der Waals surface area contributed by atoms with Gasteiger partial charge in [0, 0.05) is 25.6 Å². The Balaban J connectivity index is 1.41. The van der Waals surface area contributed by atoms with Gasteiger partial charge in [0.1, 0.15) is 0 Å². The Morgan fingerprint density at radius 1 is 1.12 bits per heavy atom. The molecule has 0 bridgehead atoms.